The molecule has 1 aromatic rings. The van der Waals surface area contributed by atoms with Crippen LogP contribution in [-0.2, 0) is 11.3 Å². The van der Waals surface area contributed by atoms with E-state index in [2.05, 4.69) is 12.0 Å². The van der Waals surface area contributed by atoms with Crippen molar-refractivity contribution in [3.63, 3.8) is 0 Å². The van der Waals surface area contributed by atoms with Crippen LogP contribution in [0.3, 0.4) is 0 Å². The molecule has 2 rings (SSSR count). The summed E-state index contributed by atoms with van der Waals surface area (Å²) < 4.78 is 6.91. The van der Waals surface area contributed by atoms with Gasteiger partial charge in [0, 0.05) is 7.11 Å². The van der Waals surface area contributed by atoms with Crippen molar-refractivity contribution in [3.8, 4) is 0 Å². The monoisotopic (exact) mass is 243 g/mol. The van der Waals surface area contributed by atoms with Crippen molar-refractivity contribution in [3.05, 3.63) is 16.9 Å². The Kier molecular flexibility index (Phi) is 3.24. The quantitative estimate of drug-likeness (QED) is 0.861. The molecule has 0 saturated heterocycles. The Morgan fingerprint density at radius 3 is 2.94 bits per heavy atom. The van der Waals surface area contributed by atoms with Crippen LogP contribution in [-0.4, -0.2) is 23.5 Å². The molecule has 0 bridgehead atoms. The molecule has 2 N–H and O–H groups in total. The van der Waals surface area contributed by atoms with E-state index < -0.39 is 0 Å². The lowest BCUT2D eigenvalue weighted by Gasteiger charge is -2.20. The predicted molar refractivity (Wildman–Crippen MR) is 63.4 cm³/mol. The van der Waals surface area contributed by atoms with Gasteiger partial charge in [0.15, 0.2) is 0 Å². The molecule has 1 aliphatic rings. The molecule has 0 aromatic carbocycles. The van der Waals surface area contributed by atoms with Crippen molar-refractivity contribution in [1.29, 1.82) is 0 Å². The summed E-state index contributed by atoms with van der Waals surface area (Å²) in [6.45, 7) is 3.51. The number of halogens is 1. The molecule has 1 aromatic heterocycles. The Bertz CT molecular complexity index is 373. The number of aromatic nitrogens is 2. The van der Waals surface area contributed by atoms with Crippen LogP contribution in [0, 0.1) is 5.41 Å². The van der Waals surface area contributed by atoms with Crippen LogP contribution in [0.15, 0.2) is 6.20 Å². The fourth-order valence-corrected chi connectivity index (χ4v) is 2.13. The number of nitrogens with two attached hydrogens (primary N) is 1. The van der Waals surface area contributed by atoms with Gasteiger partial charge in [-0.2, -0.15) is 5.10 Å². The van der Waals surface area contributed by atoms with E-state index in [1.54, 1.807) is 13.3 Å². The molecule has 1 atom stereocenters. The highest BCUT2D eigenvalue weighted by atomic mass is 35.5. The van der Waals surface area contributed by atoms with Gasteiger partial charge in [-0.1, -0.05) is 18.5 Å². The second-order valence-corrected chi connectivity index (χ2v) is 5.13. The van der Waals surface area contributed by atoms with Gasteiger partial charge in [0.1, 0.15) is 0 Å². The molecule has 0 radical (unpaired) electrons. The molecule has 1 aliphatic carbocycles. The number of hydrogen-bond donors (Lipinski definition) is 1. The van der Waals surface area contributed by atoms with Crippen molar-refractivity contribution < 1.29 is 4.74 Å². The zero-order valence-corrected chi connectivity index (χ0v) is 10.5. The van der Waals surface area contributed by atoms with Gasteiger partial charge in [0.25, 0.3) is 0 Å². The van der Waals surface area contributed by atoms with Crippen LogP contribution in [0.4, 0.5) is 0 Å². The van der Waals surface area contributed by atoms with Gasteiger partial charge >= 0.3 is 0 Å². The van der Waals surface area contributed by atoms with Crippen LogP contribution in [0.1, 0.15) is 31.5 Å². The molecule has 4 nitrogen and oxygen atoms in total. The third kappa shape index (κ3) is 2.10. The van der Waals surface area contributed by atoms with Gasteiger partial charge in [-0.25, -0.2) is 0 Å². The molecular formula is C11H18ClN3O. The summed E-state index contributed by atoms with van der Waals surface area (Å²) in [5.74, 6) is 0. The molecular weight excluding hydrogens is 226 g/mol. The van der Waals surface area contributed by atoms with Crippen LogP contribution in [0.2, 0.25) is 5.02 Å². The van der Waals surface area contributed by atoms with E-state index in [9.17, 15) is 0 Å². The first-order valence-corrected chi connectivity index (χ1v) is 5.92. The van der Waals surface area contributed by atoms with E-state index in [4.69, 9.17) is 22.1 Å². The molecule has 0 spiro atoms. The summed E-state index contributed by atoms with van der Waals surface area (Å²) in [5, 5.41) is 4.90. The third-order valence-electron chi connectivity index (χ3n) is 3.42. The maximum atomic E-state index is 6.27. The van der Waals surface area contributed by atoms with E-state index in [1.807, 2.05) is 4.68 Å². The van der Waals surface area contributed by atoms with E-state index in [0.717, 1.165) is 5.69 Å². The molecule has 1 heterocycles. The average molecular weight is 244 g/mol. The standard InChI is InChI=1S/C11H18ClN3O/c1-11(3-4-11)10(13)9-8(12)7-14-15(9)5-6-16-2/h7,10H,3-6,13H2,1-2H3. The average Bonchev–Trinajstić information content (AvgIpc) is 2.90. The molecule has 1 unspecified atom stereocenters. The Hall–Kier alpha value is -0.580. The maximum absolute atomic E-state index is 6.27. The minimum Gasteiger partial charge on any atom is -0.383 e. The molecule has 1 fully saturated rings. The predicted octanol–water partition coefficient (Wildman–Crippen LogP) is 1.98. The molecule has 1 saturated carbocycles. The fraction of sp³-hybridized carbons (Fsp3) is 0.727. The van der Waals surface area contributed by atoms with Crippen LogP contribution >= 0.6 is 11.6 Å². The Morgan fingerprint density at radius 1 is 1.69 bits per heavy atom. The summed E-state index contributed by atoms with van der Waals surface area (Å²) in [6, 6.07) is -0.0284. The normalized spacial score (nSPS) is 19.8. The van der Waals surface area contributed by atoms with Gasteiger partial charge in [0.05, 0.1) is 36.1 Å². The van der Waals surface area contributed by atoms with Gasteiger partial charge in [-0.3, -0.25) is 4.68 Å². The lowest BCUT2D eigenvalue weighted by molar-refractivity contribution is 0.181. The highest BCUT2D eigenvalue weighted by molar-refractivity contribution is 6.31. The van der Waals surface area contributed by atoms with Crippen molar-refractivity contribution in [2.45, 2.75) is 32.4 Å². The molecule has 90 valence electrons. The van der Waals surface area contributed by atoms with Gasteiger partial charge in [-0.15, -0.1) is 0 Å². The first kappa shape index (κ1) is 11.9. The minimum absolute atomic E-state index is 0.0284. The summed E-state index contributed by atoms with van der Waals surface area (Å²) in [7, 11) is 1.67. The number of nitrogens with zero attached hydrogens (tertiary/aromatic N) is 2. The van der Waals surface area contributed by atoms with Gasteiger partial charge in [0.2, 0.25) is 0 Å². The topological polar surface area (TPSA) is 53.1 Å². The SMILES string of the molecule is COCCn1ncc(Cl)c1C(N)C1(C)CC1. The van der Waals surface area contributed by atoms with Crippen molar-refractivity contribution in [1.82, 2.24) is 9.78 Å². The van der Waals surface area contributed by atoms with Crippen LogP contribution < -0.4 is 5.73 Å². The molecule has 16 heavy (non-hydrogen) atoms. The zero-order chi connectivity index (χ0) is 11.8. The number of methoxy groups -OCH3 is 1. The Balaban J connectivity index is 2.20. The second-order valence-electron chi connectivity index (χ2n) is 4.73. The summed E-state index contributed by atoms with van der Waals surface area (Å²) >= 11 is 6.15. The highest BCUT2D eigenvalue weighted by Crippen LogP contribution is 2.54. The van der Waals surface area contributed by atoms with Gasteiger partial charge < -0.3 is 10.5 Å². The van der Waals surface area contributed by atoms with Gasteiger partial charge in [-0.05, 0) is 18.3 Å². The number of hydrogen-bond acceptors (Lipinski definition) is 3. The molecule has 0 aliphatic heterocycles. The van der Waals surface area contributed by atoms with E-state index in [-0.39, 0.29) is 11.5 Å². The molecule has 0 amide bonds. The Morgan fingerprint density at radius 2 is 2.38 bits per heavy atom. The fourth-order valence-electron chi connectivity index (χ4n) is 1.88. The number of ether oxygens (including phenoxy) is 1. The molecule has 5 heteroatoms. The Labute approximate surface area is 101 Å². The maximum Gasteiger partial charge on any atom is 0.0834 e. The largest absolute Gasteiger partial charge is 0.383 e. The lowest BCUT2D eigenvalue weighted by atomic mass is 9.97. The van der Waals surface area contributed by atoms with E-state index in [0.29, 0.717) is 18.2 Å². The van der Waals surface area contributed by atoms with Crippen molar-refractivity contribution >= 4 is 11.6 Å². The minimum atomic E-state index is -0.0284. The van der Waals surface area contributed by atoms with Crippen molar-refractivity contribution in [2.75, 3.05) is 13.7 Å². The zero-order valence-electron chi connectivity index (χ0n) is 9.74. The van der Waals surface area contributed by atoms with Crippen molar-refractivity contribution in [2.24, 2.45) is 11.1 Å². The number of rotatable bonds is 5. The van der Waals surface area contributed by atoms with E-state index in [1.165, 1.54) is 12.8 Å². The first-order chi connectivity index (χ1) is 7.58. The summed E-state index contributed by atoms with van der Waals surface area (Å²) in [5.41, 5.74) is 7.41. The van der Waals surface area contributed by atoms with Crippen LogP contribution in [0.25, 0.3) is 0 Å². The third-order valence-corrected chi connectivity index (χ3v) is 3.72. The van der Waals surface area contributed by atoms with Crippen LogP contribution in [0.5, 0.6) is 0 Å². The first-order valence-electron chi connectivity index (χ1n) is 5.54. The summed E-state index contributed by atoms with van der Waals surface area (Å²) in [6.07, 6.45) is 4.00. The van der Waals surface area contributed by atoms with E-state index >= 15 is 0 Å². The second kappa shape index (κ2) is 4.35. The lowest BCUT2D eigenvalue weighted by Crippen LogP contribution is -2.25. The summed E-state index contributed by atoms with van der Waals surface area (Å²) in [4.78, 5) is 0. The highest BCUT2D eigenvalue weighted by Gasteiger charge is 2.45. The smallest absolute Gasteiger partial charge is 0.0834 e.